The van der Waals surface area contributed by atoms with Crippen LogP contribution in [0.5, 0.6) is 0 Å². The van der Waals surface area contributed by atoms with Crippen LogP contribution in [0.2, 0.25) is 0 Å². The molecule has 0 aliphatic heterocycles. The average molecular weight is 621 g/mol. The van der Waals surface area contributed by atoms with Crippen LogP contribution in [0.25, 0.3) is 0 Å². The molecule has 4 fully saturated rings. The Labute approximate surface area is 266 Å². The summed E-state index contributed by atoms with van der Waals surface area (Å²) in [5.41, 5.74) is -0.754. The first-order valence-electron chi connectivity index (χ1n) is 16.8. The van der Waals surface area contributed by atoms with E-state index in [1.807, 2.05) is 6.08 Å². The summed E-state index contributed by atoms with van der Waals surface area (Å²) < 4.78 is 20.1. The van der Waals surface area contributed by atoms with E-state index in [0.29, 0.717) is 12.8 Å². The quantitative estimate of drug-likeness (QED) is 0.269. The number of hydrogen-bond acceptors (Lipinski definition) is 5. The number of halogens is 1. The topological polar surface area (TPSA) is 97.7 Å². The van der Waals surface area contributed by atoms with Crippen LogP contribution in [0.4, 0.5) is 4.39 Å². The smallest absolute Gasteiger partial charge is 0.339 e. The van der Waals surface area contributed by atoms with Gasteiger partial charge in [-0.1, -0.05) is 54.0 Å². The Morgan fingerprint density at radius 1 is 0.933 bits per heavy atom. The molecule has 0 bridgehead atoms. The Kier molecular flexibility index (Phi) is 7.20. The minimum Gasteiger partial charge on any atom is -0.478 e. The summed E-state index contributed by atoms with van der Waals surface area (Å²) in [5.74, 6) is -2.51. The maximum absolute atomic E-state index is 14.6. The van der Waals surface area contributed by atoms with Crippen molar-refractivity contribution in [2.75, 3.05) is 0 Å². The van der Waals surface area contributed by atoms with E-state index in [4.69, 9.17) is 4.74 Å². The van der Waals surface area contributed by atoms with Crippen LogP contribution in [0.3, 0.4) is 0 Å². The molecule has 0 aromatic heterocycles. The molecule has 0 spiro atoms. The number of carbonyl (C=O) groups excluding carboxylic acids is 3. The zero-order valence-electron chi connectivity index (χ0n) is 27.9. The first-order chi connectivity index (χ1) is 20.9. The van der Waals surface area contributed by atoms with Crippen molar-refractivity contribution in [2.45, 2.75) is 112 Å². The molecular formula is C38H49FO6. The van der Waals surface area contributed by atoms with Crippen molar-refractivity contribution in [1.29, 1.82) is 0 Å². The first kappa shape index (κ1) is 32.1. The highest BCUT2D eigenvalue weighted by Gasteiger charge is 2.70. The monoisotopic (exact) mass is 620 g/mol. The van der Waals surface area contributed by atoms with Crippen molar-refractivity contribution in [3.05, 3.63) is 46.8 Å². The molecule has 9 atom stereocenters. The maximum atomic E-state index is 14.6. The minimum absolute atomic E-state index is 0.0884. The van der Waals surface area contributed by atoms with Crippen LogP contribution in [0, 0.1) is 56.1 Å². The second-order valence-corrected chi connectivity index (χ2v) is 17.2. The molecule has 244 valence electrons. The molecule has 45 heavy (non-hydrogen) atoms. The van der Waals surface area contributed by atoms with Gasteiger partial charge in [0.05, 0.1) is 11.1 Å². The molecule has 5 aliphatic carbocycles. The number of ether oxygens (including phenoxy) is 1. The molecule has 7 heteroatoms. The van der Waals surface area contributed by atoms with E-state index in [0.717, 1.165) is 69.4 Å². The molecule has 6 rings (SSSR count). The second kappa shape index (κ2) is 10.1. The van der Waals surface area contributed by atoms with Crippen molar-refractivity contribution in [2.24, 2.45) is 50.2 Å². The number of hydrogen-bond donors (Lipinski definition) is 1. The Hall–Kier alpha value is -2.83. The third-order valence-electron chi connectivity index (χ3n) is 14.5. The lowest BCUT2D eigenvalue weighted by molar-refractivity contribution is -0.202. The van der Waals surface area contributed by atoms with Gasteiger partial charge in [-0.05, 0) is 116 Å². The summed E-state index contributed by atoms with van der Waals surface area (Å²) in [6.45, 7) is 15.7. The highest BCUT2D eigenvalue weighted by molar-refractivity contribution is 6.02. The van der Waals surface area contributed by atoms with Crippen LogP contribution < -0.4 is 0 Å². The molecule has 3 unspecified atom stereocenters. The number of aromatic carboxylic acids is 1. The maximum Gasteiger partial charge on any atom is 0.339 e. The van der Waals surface area contributed by atoms with E-state index >= 15 is 0 Å². The normalized spacial score (nSPS) is 43.5. The van der Waals surface area contributed by atoms with Crippen molar-refractivity contribution in [3.63, 3.8) is 0 Å². The molecular weight excluding hydrogens is 571 g/mol. The largest absolute Gasteiger partial charge is 0.478 e. The zero-order chi connectivity index (χ0) is 33.0. The van der Waals surface area contributed by atoms with Gasteiger partial charge < -0.3 is 14.6 Å². The molecule has 4 saturated carbocycles. The Morgan fingerprint density at radius 3 is 2.29 bits per heavy atom. The SMILES string of the molecule is CC1(C)C2CC[C@]3(C)C(C(=O)C=C4[C@@H]5C[C@@](C)(C=O)CC[C@]5(C)CCC43C)[C@@]2(C)CC[C@@H]1OC(=O)c1cc(F)ccc1C(=O)O. The lowest BCUT2D eigenvalue weighted by Crippen LogP contribution is -2.66. The van der Waals surface area contributed by atoms with Crippen molar-refractivity contribution in [3.8, 4) is 0 Å². The number of carboxylic acid groups (broad SMARTS) is 1. The van der Waals surface area contributed by atoms with Gasteiger partial charge in [-0.3, -0.25) is 4.79 Å². The van der Waals surface area contributed by atoms with Crippen LogP contribution in [-0.2, 0) is 14.3 Å². The number of allylic oxidation sites excluding steroid dienone is 2. The van der Waals surface area contributed by atoms with E-state index in [2.05, 4.69) is 48.5 Å². The highest BCUT2D eigenvalue weighted by Crippen LogP contribution is 2.75. The van der Waals surface area contributed by atoms with E-state index in [1.54, 1.807) is 0 Å². The van der Waals surface area contributed by atoms with Gasteiger partial charge in [0, 0.05) is 16.7 Å². The molecule has 0 heterocycles. The lowest BCUT2D eigenvalue weighted by Gasteiger charge is -2.70. The number of esters is 1. The number of ketones is 1. The molecule has 1 aromatic carbocycles. The standard InChI is InChI=1S/C38H49FO6/c1-33(2)28-10-13-38(7)30(27(41)19-25-26-20-34(3,21-40)14-15-35(26,4)16-17-37(25,38)6)36(28,5)12-11-29(33)45-32(44)24-18-22(39)8-9-23(24)31(42)43/h8-9,18-19,21,26,28-30H,10-17,20H2,1-7H3,(H,42,43)/t26-,28?,29-,30?,34-,35+,36-,37?,38+/m0/s1. The second-order valence-electron chi connectivity index (χ2n) is 17.2. The average Bonchev–Trinajstić information content (AvgIpc) is 2.96. The van der Waals surface area contributed by atoms with Gasteiger partial charge in [0.2, 0.25) is 0 Å². The predicted octanol–water partition coefficient (Wildman–Crippen LogP) is 8.23. The van der Waals surface area contributed by atoms with Crippen LogP contribution in [-0.4, -0.2) is 35.2 Å². The number of fused-ring (bicyclic) bond motifs is 7. The molecule has 0 saturated heterocycles. The van der Waals surface area contributed by atoms with E-state index in [9.17, 15) is 28.7 Å². The fourth-order valence-electron chi connectivity index (χ4n) is 11.6. The van der Waals surface area contributed by atoms with Crippen molar-refractivity contribution in [1.82, 2.24) is 0 Å². The van der Waals surface area contributed by atoms with Crippen LogP contribution >= 0.6 is 0 Å². The van der Waals surface area contributed by atoms with Gasteiger partial charge >= 0.3 is 11.9 Å². The third-order valence-corrected chi connectivity index (χ3v) is 14.5. The van der Waals surface area contributed by atoms with E-state index in [1.165, 1.54) is 5.57 Å². The molecule has 0 radical (unpaired) electrons. The van der Waals surface area contributed by atoms with Crippen LogP contribution in [0.1, 0.15) is 127 Å². The number of rotatable bonds is 4. The Bertz CT molecular complexity index is 1510. The number of carboxylic acids is 1. The summed E-state index contributed by atoms with van der Waals surface area (Å²) in [7, 11) is 0. The van der Waals surface area contributed by atoms with Gasteiger partial charge in [0.15, 0.2) is 5.78 Å². The molecule has 1 N–H and O–H groups in total. The number of benzene rings is 1. The fourth-order valence-corrected chi connectivity index (χ4v) is 11.6. The molecule has 6 nitrogen and oxygen atoms in total. The predicted molar refractivity (Wildman–Crippen MR) is 168 cm³/mol. The van der Waals surface area contributed by atoms with Crippen molar-refractivity contribution >= 4 is 24.0 Å². The summed E-state index contributed by atoms with van der Waals surface area (Å²) in [6.07, 6.45) is 10.5. The zero-order valence-corrected chi connectivity index (χ0v) is 27.9. The Balaban J connectivity index is 1.33. The van der Waals surface area contributed by atoms with Gasteiger partial charge in [0.25, 0.3) is 0 Å². The summed E-state index contributed by atoms with van der Waals surface area (Å²) in [6, 6.07) is 3.05. The summed E-state index contributed by atoms with van der Waals surface area (Å²) >= 11 is 0. The highest BCUT2D eigenvalue weighted by atomic mass is 19.1. The Morgan fingerprint density at radius 2 is 1.62 bits per heavy atom. The third kappa shape index (κ3) is 4.45. The van der Waals surface area contributed by atoms with E-state index in [-0.39, 0.29) is 61.7 Å². The first-order valence-corrected chi connectivity index (χ1v) is 16.8. The molecule has 0 amide bonds. The minimum atomic E-state index is -1.31. The fraction of sp³-hybridized carbons (Fsp3) is 0.684. The van der Waals surface area contributed by atoms with Gasteiger partial charge in [-0.2, -0.15) is 0 Å². The van der Waals surface area contributed by atoms with Crippen molar-refractivity contribution < 1.29 is 33.4 Å². The summed E-state index contributed by atoms with van der Waals surface area (Å²) in [4.78, 5) is 51.8. The number of carbonyl (C=O) groups is 4. The van der Waals surface area contributed by atoms with Gasteiger partial charge in [-0.15, -0.1) is 0 Å². The lowest BCUT2D eigenvalue weighted by atomic mass is 9.33. The van der Waals surface area contributed by atoms with Gasteiger partial charge in [0.1, 0.15) is 18.2 Å². The van der Waals surface area contributed by atoms with Gasteiger partial charge in [-0.25, -0.2) is 14.0 Å². The summed E-state index contributed by atoms with van der Waals surface area (Å²) in [5, 5.41) is 9.60. The molecule has 5 aliphatic rings. The van der Waals surface area contributed by atoms with E-state index < -0.39 is 29.3 Å². The van der Waals surface area contributed by atoms with Crippen LogP contribution in [0.15, 0.2) is 29.8 Å². The molecule has 1 aromatic rings. The number of aldehydes is 1.